The number of quaternary nitrogens is 1. The molecule has 0 spiro atoms. The Labute approximate surface area is 153 Å². The van der Waals surface area contributed by atoms with Crippen molar-refractivity contribution in [2.75, 3.05) is 26.2 Å². The average Bonchev–Trinajstić information content (AvgIpc) is 2.94. The van der Waals surface area contributed by atoms with Gasteiger partial charge < -0.3 is 14.4 Å². The zero-order valence-electron chi connectivity index (χ0n) is 15.1. The number of aromatic nitrogens is 3. The predicted octanol–water partition coefficient (Wildman–Crippen LogP) is 0.531. The van der Waals surface area contributed by atoms with Crippen LogP contribution in [-0.2, 0) is 18.4 Å². The second-order valence-electron chi connectivity index (χ2n) is 6.59. The Bertz CT molecular complexity index is 710. The quantitative estimate of drug-likeness (QED) is 0.791. The Morgan fingerprint density at radius 2 is 1.92 bits per heavy atom. The van der Waals surface area contributed by atoms with E-state index in [0.29, 0.717) is 0 Å². The van der Waals surface area contributed by atoms with Crippen LogP contribution in [0.5, 0.6) is 0 Å². The number of hydrogen-bond donors (Lipinski definition) is 1. The van der Waals surface area contributed by atoms with Crippen molar-refractivity contribution in [2.45, 2.75) is 30.8 Å². The van der Waals surface area contributed by atoms with E-state index in [1.165, 1.54) is 17.3 Å². The van der Waals surface area contributed by atoms with E-state index >= 15 is 0 Å². The molecule has 1 aromatic heterocycles. The van der Waals surface area contributed by atoms with Gasteiger partial charge in [0.25, 0.3) is 0 Å². The minimum Gasteiger partial charge on any atom is -0.330 e. The van der Waals surface area contributed by atoms with Crippen LogP contribution < -0.4 is 4.90 Å². The van der Waals surface area contributed by atoms with Gasteiger partial charge in [0, 0.05) is 12.6 Å². The summed E-state index contributed by atoms with van der Waals surface area (Å²) >= 11 is 1.49. The molecule has 6 nitrogen and oxygen atoms in total. The van der Waals surface area contributed by atoms with Gasteiger partial charge in [-0.2, -0.15) is 0 Å². The molecule has 2 aromatic rings. The molecule has 0 saturated carbocycles. The summed E-state index contributed by atoms with van der Waals surface area (Å²) < 4.78 is 1.93. The van der Waals surface area contributed by atoms with Crippen LogP contribution in [0, 0.1) is 6.92 Å². The van der Waals surface area contributed by atoms with Crippen LogP contribution in [-0.4, -0.2) is 57.0 Å². The number of carbonyl (C=O) groups is 1. The molecule has 0 radical (unpaired) electrons. The lowest BCUT2D eigenvalue weighted by Gasteiger charge is -2.33. The smallest absolute Gasteiger partial charge is 0.236 e. The number of nitrogens with zero attached hydrogens (tertiary/aromatic N) is 4. The number of piperazine rings is 1. The van der Waals surface area contributed by atoms with Crippen molar-refractivity contribution in [1.29, 1.82) is 0 Å². The first kappa shape index (κ1) is 17.9. The van der Waals surface area contributed by atoms with Crippen molar-refractivity contribution in [1.82, 2.24) is 19.7 Å². The van der Waals surface area contributed by atoms with Crippen LogP contribution in [0.4, 0.5) is 0 Å². The van der Waals surface area contributed by atoms with Crippen molar-refractivity contribution in [3.8, 4) is 0 Å². The molecule has 25 heavy (non-hydrogen) atoms. The number of rotatable bonds is 5. The van der Waals surface area contributed by atoms with Crippen molar-refractivity contribution >= 4 is 17.7 Å². The number of amides is 1. The Kier molecular flexibility index (Phi) is 5.75. The lowest BCUT2D eigenvalue weighted by molar-refractivity contribution is -0.917. The molecule has 0 unspecified atom stereocenters. The van der Waals surface area contributed by atoms with Gasteiger partial charge in [0.15, 0.2) is 5.16 Å². The lowest BCUT2D eigenvalue weighted by atomic mass is 10.2. The minimum atomic E-state index is -0.141. The summed E-state index contributed by atoms with van der Waals surface area (Å²) in [6.07, 6.45) is 0. The molecule has 1 saturated heterocycles. The lowest BCUT2D eigenvalue weighted by Crippen LogP contribution is -3.13. The van der Waals surface area contributed by atoms with Crippen molar-refractivity contribution in [3.63, 3.8) is 0 Å². The molecule has 1 amide bonds. The minimum absolute atomic E-state index is 0.141. The van der Waals surface area contributed by atoms with E-state index in [9.17, 15) is 4.79 Å². The summed E-state index contributed by atoms with van der Waals surface area (Å²) in [5.74, 6) is 1.06. The predicted molar refractivity (Wildman–Crippen MR) is 98.5 cm³/mol. The summed E-state index contributed by atoms with van der Waals surface area (Å²) in [6, 6.07) is 10.6. The van der Waals surface area contributed by atoms with Gasteiger partial charge >= 0.3 is 0 Å². The maximum Gasteiger partial charge on any atom is 0.236 e. The number of benzene rings is 1. The Morgan fingerprint density at radius 1 is 1.24 bits per heavy atom. The SMILES string of the molecule is Cc1nnc(S[C@@H](C)C(=O)N2CC[NH+](Cc3ccccc3)CC2)n1C. The molecule has 1 fully saturated rings. The van der Waals surface area contributed by atoms with Gasteiger partial charge in [-0.1, -0.05) is 42.1 Å². The molecule has 1 N–H and O–H groups in total. The van der Waals surface area contributed by atoms with Crippen LogP contribution in [0.15, 0.2) is 35.5 Å². The van der Waals surface area contributed by atoms with E-state index in [1.807, 2.05) is 36.4 Å². The number of nitrogens with one attached hydrogen (secondary N) is 1. The maximum absolute atomic E-state index is 12.7. The van der Waals surface area contributed by atoms with E-state index < -0.39 is 0 Å². The zero-order chi connectivity index (χ0) is 17.8. The number of carbonyl (C=O) groups excluding carboxylic acids is 1. The summed E-state index contributed by atoms with van der Waals surface area (Å²) in [7, 11) is 1.93. The highest BCUT2D eigenvalue weighted by molar-refractivity contribution is 8.00. The topological polar surface area (TPSA) is 55.5 Å². The monoisotopic (exact) mass is 360 g/mol. The fourth-order valence-electron chi connectivity index (χ4n) is 3.06. The normalized spacial score (nSPS) is 16.8. The highest BCUT2D eigenvalue weighted by atomic mass is 32.2. The third kappa shape index (κ3) is 4.41. The zero-order valence-corrected chi connectivity index (χ0v) is 15.9. The van der Waals surface area contributed by atoms with Gasteiger partial charge in [-0.05, 0) is 13.8 Å². The van der Waals surface area contributed by atoms with E-state index in [0.717, 1.165) is 43.7 Å². The highest BCUT2D eigenvalue weighted by Gasteiger charge is 2.28. The van der Waals surface area contributed by atoms with E-state index in [1.54, 1.807) is 4.90 Å². The Hall–Kier alpha value is -1.86. The standard InChI is InChI=1S/C18H25N5OS/c1-14(25-18-20-19-15(2)21(18)3)17(24)23-11-9-22(10-12-23)13-16-7-5-4-6-8-16/h4-8,14H,9-13H2,1-3H3/p+1/t14-/m0/s1. The summed E-state index contributed by atoms with van der Waals surface area (Å²) in [5.41, 5.74) is 1.36. The molecule has 0 bridgehead atoms. The fraction of sp³-hybridized carbons (Fsp3) is 0.500. The second-order valence-corrected chi connectivity index (χ2v) is 7.89. The van der Waals surface area contributed by atoms with Crippen LogP contribution in [0.1, 0.15) is 18.3 Å². The molecule has 1 atom stereocenters. The summed E-state index contributed by atoms with van der Waals surface area (Å²) in [6.45, 7) is 8.56. The third-order valence-corrected chi connectivity index (χ3v) is 5.88. The van der Waals surface area contributed by atoms with Crippen LogP contribution in [0.3, 0.4) is 0 Å². The van der Waals surface area contributed by atoms with Crippen molar-refractivity contribution < 1.29 is 9.69 Å². The van der Waals surface area contributed by atoms with Crippen LogP contribution in [0.25, 0.3) is 0 Å². The average molecular weight is 361 g/mol. The highest BCUT2D eigenvalue weighted by Crippen LogP contribution is 2.22. The van der Waals surface area contributed by atoms with Gasteiger partial charge in [0.2, 0.25) is 5.91 Å². The molecule has 1 aliphatic heterocycles. The molecular weight excluding hydrogens is 334 g/mol. The number of thioether (sulfide) groups is 1. The molecule has 7 heteroatoms. The van der Waals surface area contributed by atoms with Gasteiger partial charge in [-0.15, -0.1) is 10.2 Å². The number of hydrogen-bond acceptors (Lipinski definition) is 4. The van der Waals surface area contributed by atoms with Crippen molar-refractivity contribution in [2.24, 2.45) is 7.05 Å². The Morgan fingerprint density at radius 3 is 2.52 bits per heavy atom. The summed E-state index contributed by atoms with van der Waals surface area (Å²) in [5, 5.41) is 8.85. The second kappa shape index (κ2) is 8.01. The van der Waals surface area contributed by atoms with E-state index in [2.05, 4.69) is 34.5 Å². The van der Waals surface area contributed by atoms with Gasteiger partial charge in [0.1, 0.15) is 12.4 Å². The van der Waals surface area contributed by atoms with E-state index in [4.69, 9.17) is 0 Å². The van der Waals surface area contributed by atoms with Crippen molar-refractivity contribution in [3.05, 3.63) is 41.7 Å². The van der Waals surface area contributed by atoms with Gasteiger partial charge in [-0.25, -0.2) is 0 Å². The first-order chi connectivity index (χ1) is 12.0. The Balaban J connectivity index is 1.50. The summed E-state index contributed by atoms with van der Waals surface area (Å²) in [4.78, 5) is 16.3. The largest absolute Gasteiger partial charge is 0.330 e. The third-order valence-electron chi connectivity index (χ3n) is 4.76. The molecule has 134 valence electrons. The first-order valence-electron chi connectivity index (χ1n) is 8.73. The van der Waals surface area contributed by atoms with Crippen LogP contribution in [0.2, 0.25) is 0 Å². The first-order valence-corrected chi connectivity index (χ1v) is 9.61. The van der Waals surface area contributed by atoms with Gasteiger partial charge in [-0.3, -0.25) is 4.79 Å². The maximum atomic E-state index is 12.7. The molecule has 0 aliphatic carbocycles. The van der Waals surface area contributed by atoms with Gasteiger partial charge in [0.05, 0.1) is 31.4 Å². The number of aryl methyl sites for hydroxylation is 1. The molecule has 2 heterocycles. The molecular formula is C18H26N5OS+. The fourth-order valence-corrected chi connectivity index (χ4v) is 4.00. The molecule has 3 rings (SSSR count). The van der Waals surface area contributed by atoms with E-state index in [-0.39, 0.29) is 11.2 Å². The molecule has 1 aromatic carbocycles. The molecule has 1 aliphatic rings. The van der Waals surface area contributed by atoms with Crippen LogP contribution >= 0.6 is 11.8 Å².